The summed E-state index contributed by atoms with van der Waals surface area (Å²) in [6.45, 7) is 3.22. The molecule has 7 nitrogen and oxygen atoms in total. The molecule has 2 rings (SSSR count). The number of rotatable bonds is 5. The molecule has 0 bridgehead atoms. The second-order valence-electron chi connectivity index (χ2n) is 6.06. The molecule has 1 heterocycles. The van der Waals surface area contributed by atoms with Crippen molar-refractivity contribution in [3.05, 3.63) is 29.6 Å². The number of anilines is 1. The Labute approximate surface area is 146 Å². The highest BCUT2D eigenvalue weighted by molar-refractivity contribution is 7.88. The Morgan fingerprint density at radius 3 is 2.68 bits per heavy atom. The SMILES string of the molecule is Cc1ccc(NC(=O)[C@H](C)OC(=O)[C@H]2CCCN2S(C)(=O)=O)cc1F. The van der Waals surface area contributed by atoms with E-state index in [1.807, 2.05) is 0 Å². The number of ether oxygens (including phenoxy) is 1. The minimum Gasteiger partial charge on any atom is -0.451 e. The van der Waals surface area contributed by atoms with Crippen molar-refractivity contribution in [3.63, 3.8) is 0 Å². The van der Waals surface area contributed by atoms with Crippen LogP contribution in [0.25, 0.3) is 0 Å². The zero-order chi connectivity index (χ0) is 18.8. The number of halogens is 1. The molecule has 0 unspecified atom stereocenters. The first kappa shape index (κ1) is 19.3. The van der Waals surface area contributed by atoms with Crippen LogP contribution in [0.2, 0.25) is 0 Å². The van der Waals surface area contributed by atoms with Crippen LogP contribution < -0.4 is 5.32 Å². The maximum Gasteiger partial charge on any atom is 0.325 e. The monoisotopic (exact) mass is 372 g/mol. The van der Waals surface area contributed by atoms with Gasteiger partial charge in [0.1, 0.15) is 11.9 Å². The fraction of sp³-hybridized carbons (Fsp3) is 0.500. The number of benzene rings is 1. The largest absolute Gasteiger partial charge is 0.451 e. The second-order valence-corrected chi connectivity index (χ2v) is 8.00. The standard InChI is InChI=1S/C16H21FN2O5S/c1-10-6-7-12(9-13(10)17)18-15(20)11(2)24-16(21)14-5-4-8-19(14)25(3,22)23/h6-7,9,11,14H,4-5,8H2,1-3H3,(H,18,20)/t11-,14+/m0/s1. The fourth-order valence-electron chi connectivity index (χ4n) is 2.59. The number of aryl methyl sites for hydroxylation is 1. The number of carbonyl (C=O) groups excluding carboxylic acids is 2. The highest BCUT2D eigenvalue weighted by Crippen LogP contribution is 2.22. The molecule has 1 aromatic rings. The van der Waals surface area contributed by atoms with Crippen molar-refractivity contribution in [1.82, 2.24) is 4.31 Å². The maximum absolute atomic E-state index is 13.5. The molecule has 0 saturated carbocycles. The molecule has 0 aliphatic carbocycles. The van der Waals surface area contributed by atoms with Gasteiger partial charge in [-0.2, -0.15) is 4.31 Å². The van der Waals surface area contributed by atoms with Crippen LogP contribution in [0.1, 0.15) is 25.3 Å². The summed E-state index contributed by atoms with van der Waals surface area (Å²) in [4.78, 5) is 24.3. The van der Waals surface area contributed by atoms with E-state index in [4.69, 9.17) is 4.74 Å². The Balaban J connectivity index is 1.98. The lowest BCUT2D eigenvalue weighted by Gasteiger charge is -2.22. The molecule has 1 aromatic carbocycles. The molecular weight excluding hydrogens is 351 g/mol. The number of amides is 1. The number of nitrogens with zero attached hydrogens (tertiary/aromatic N) is 1. The first-order valence-electron chi connectivity index (χ1n) is 7.84. The van der Waals surface area contributed by atoms with Gasteiger partial charge < -0.3 is 10.1 Å². The van der Waals surface area contributed by atoms with Gasteiger partial charge in [-0.3, -0.25) is 9.59 Å². The topological polar surface area (TPSA) is 92.8 Å². The predicted molar refractivity (Wildman–Crippen MR) is 89.9 cm³/mol. The zero-order valence-electron chi connectivity index (χ0n) is 14.3. The molecule has 0 radical (unpaired) electrons. The molecule has 0 aromatic heterocycles. The summed E-state index contributed by atoms with van der Waals surface area (Å²) in [7, 11) is -3.52. The average molecular weight is 372 g/mol. The Hall–Kier alpha value is -2.00. The van der Waals surface area contributed by atoms with Crippen LogP contribution in [-0.2, 0) is 24.3 Å². The normalized spacial score (nSPS) is 19.4. The van der Waals surface area contributed by atoms with Gasteiger partial charge in [-0.1, -0.05) is 6.07 Å². The van der Waals surface area contributed by atoms with Gasteiger partial charge in [-0.05, 0) is 44.4 Å². The molecule has 0 spiro atoms. The van der Waals surface area contributed by atoms with Crippen molar-refractivity contribution in [2.24, 2.45) is 0 Å². The zero-order valence-corrected chi connectivity index (χ0v) is 15.1. The second kappa shape index (κ2) is 7.49. The molecule has 1 saturated heterocycles. The molecule has 1 aliphatic rings. The number of esters is 1. The summed E-state index contributed by atoms with van der Waals surface area (Å²) in [5.41, 5.74) is 0.689. The molecule has 9 heteroatoms. The van der Waals surface area contributed by atoms with Gasteiger partial charge in [0.25, 0.3) is 5.91 Å². The maximum atomic E-state index is 13.5. The van der Waals surface area contributed by atoms with Gasteiger partial charge in [0, 0.05) is 12.2 Å². The molecule has 25 heavy (non-hydrogen) atoms. The Morgan fingerprint density at radius 2 is 2.08 bits per heavy atom. The van der Waals surface area contributed by atoms with Crippen LogP contribution in [0.3, 0.4) is 0 Å². The van der Waals surface area contributed by atoms with E-state index < -0.39 is 39.9 Å². The molecule has 1 N–H and O–H groups in total. The Morgan fingerprint density at radius 1 is 1.40 bits per heavy atom. The van der Waals surface area contributed by atoms with Gasteiger partial charge >= 0.3 is 5.97 Å². The summed E-state index contributed by atoms with van der Waals surface area (Å²) >= 11 is 0. The third-order valence-electron chi connectivity index (χ3n) is 4.00. The van der Waals surface area contributed by atoms with Crippen LogP contribution in [0.15, 0.2) is 18.2 Å². The van der Waals surface area contributed by atoms with E-state index in [1.54, 1.807) is 6.92 Å². The highest BCUT2D eigenvalue weighted by atomic mass is 32.2. The van der Waals surface area contributed by atoms with Crippen molar-refractivity contribution in [1.29, 1.82) is 0 Å². The number of nitrogens with one attached hydrogen (secondary N) is 1. The molecule has 1 aliphatic heterocycles. The van der Waals surface area contributed by atoms with Crippen molar-refractivity contribution in [2.75, 3.05) is 18.1 Å². The van der Waals surface area contributed by atoms with Gasteiger partial charge in [0.05, 0.1) is 6.26 Å². The van der Waals surface area contributed by atoms with Gasteiger partial charge in [0.15, 0.2) is 6.10 Å². The van der Waals surface area contributed by atoms with E-state index in [9.17, 15) is 22.4 Å². The van der Waals surface area contributed by atoms with E-state index in [2.05, 4.69) is 5.32 Å². The molecular formula is C16H21FN2O5S. The average Bonchev–Trinajstić information content (AvgIpc) is 3.00. The number of hydrogen-bond acceptors (Lipinski definition) is 5. The quantitative estimate of drug-likeness (QED) is 0.790. The van der Waals surface area contributed by atoms with Crippen molar-refractivity contribution in [3.8, 4) is 0 Å². The van der Waals surface area contributed by atoms with Crippen LogP contribution in [0.4, 0.5) is 10.1 Å². The lowest BCUT2D eigenvalue weighted by molar-refractivity contribution is -0.156. The third-order valence-corrected chi connectivity index (χ3v) is 5.29. The van der Waals surface area contributed by atoms with Gasteiger partial charge in [-0.25, -0.2) is 12.8 Å². The molecule has 1 amide bonds. The van der Waals surface area contributed by atoms with Crippen LogP contribution in [-0.4, -0.2) is 49.5 Å². The third kappa shape index (κ3) is 4.76. The summed E-state index contributed by atoms with van der Waals surface area (Å²) in [5.74, 6) is -1.85. The van der Waals surface area contributed by atoms with Crippen molar-refractivity contribution >= 4 is 27.6 Å². The molecule has 2 atom stereocenters. The number of sulfonamides is 1. The van der Waals surface area contributed by atoms with E-state index in [-0.39, 0.29) is 12.2 Å². The minimum atomic E-state index is -3.52. The summed E-state index contributed by atoms with van der Waals surface area (Å²) in [6.07, 6.45) is 0.791. The number of hydrogen-bond donors (Lipinski definition) is 1. The van der Waals surface area contributed by atoms with E-state index >= 15 is 0 Å². The fourth-order valence-corrected chi connectivity index (χ4v) is 3.71. The van der Waals surface area contributed by atoms with Crippen LogP contribution >= 0.6 is 0 Å². The Bertz CT molecular complexity index is 781. The lowest BCUT2D eigenvalue weighted by atomic mass is 10.2. The van der Waals surface area contributed by atoms with Crippen molar-refractivity contribution < 1.29 is 27.1 Å². The first-order chi connectivity index (χ1) is 11.6. The minimum absolute atomic E-state index is 0.245. The van der Waals surface area contributed by atoms with E-state index in [0.29, 0.717) is 18.4 Å². The van der Waals surface area contributed by atoms with E-state index in [1.165, 1.54) is 25.1 Å². The summed E-state index contributed by atoms with van der Waals surface area (Å²) in [5, 5.41) is 2.46. The molecule has 1 fully saturated rings. The van der Waals surface area contributed by atoms with E-state index in [0.717, 1.165) is 10.6 Å². The smallest absolute Gasteiger partial charge is 0.325 e. The number of carbonyl (C=O) groups is 2. The van der Waals surface area contributed by atoms with Crippen molar-refractivity contribution in [2.45, 2.75) is 38.8 Å². The van der Waals surface area contributed by atoms with Gasteiger partial charge in [0.2, 0.25) is 10.0 Å². The summed E-state index contributed by atoms with van der Waals surface area (Å²) in [6, 6.07) is 3.31. The van der Waals surface area contributed by atoms with Crippen LogP contribution in [0.5, 0.6) is 0 Å². The molecule has 138 valence electrons. The lowest BCUT2D eigenvalue weighted by Crippen LogP contribution is -2.43. The highest BCUT2D eigenvalue weighted by Gasteiger charge is 2.38. The first-order valence-corrected chi connectivity index (χ1v) is 9.68. The Kier molecular flexibility index (Phi) is 5.79. The summed E-state index contributed by atoms with van der Waals surface area (Å²) < 4.78 is 43.0. The van der Waals surface area contributed by atoms with Gasteiger partial charge in [-0.15, -0.1) is 0 Å². The predicted octanol–water partition coefficient (Wildman–Crippen LogP) is 1.43. The van der Waals surface area contributed by atoms with Crippen LogP contribution in [0, 0.1) is 12.7 Å².